The van der Waals surface area contributed by atoms with Crippen LogP contribution in [0.5, 0.6) is 0 Å². The molecule has 4 nitrogen and oxygen atoms in total. The van der Waals surface area contributed by atoms with Crippen molar-refractivity contribution >= 4 is 5.91 Å². The number of hydrogen-bond acceptors (Lipinski definition) is 3. The van der Waals surface area contributed by atoms with Crippen LogP contribution >= 0.6 is 0 Å². The zero-order valence-corrected chi connectivity index (χ0v) is 14.7. The Labute approximate surface area is 145 Å². The van der Waals surface area contributed by atoms with E-state index in [0.29, 0.717) is 13.1 Å². The summed E-state index contributed by atoms with van der Waals surface area (Å²) in [5, 5.41) is 3.10. The number of benzene rings is 1. The van der Waals surface area contributed by atoms with Crippen molar-refractivity contribution in [2.45, 2.75) is 58.0 Å². The number of amides is 1. The van der Waals surface area contributed by atoms with Crippen LogP contribution in [0.15, 0.2) is 24.3 Å². The normalized spacial score (nSPS) is 20.9. The number of nitrogens with two attached hydrogens (primary N) is 1. The van der Waals surface area contributed by atoms with Gasteiger partial charge in [-0.15, -0.1) is 0 Å². The maximum Gasteiger partial charge on any atom is 0.227 e. The fourth-order valence-electron chi connectivity index (χ4n) is 4.08. The second kappa shape index (κ2) is 8.13. The standard InChI is InChI=1S/C20H31N3O/c21-16-20(10-2-3-11-20)19(24)22-14-17-6-8-18(9-7-17)15-23-12-4-1-5-13-23/h6-9H,1-5,10-16,21H2,(H,22,24). The third kappa shape index (κ3) is 4.17. The Morgan fingerprint density at radius 1 is 1.00 bits per heavy atom. The molecule has 0 spiro atoms. The lowest BCUT2D eigenvalue weighted by Gasteiger charge is -2.26. The van der Waals surface area contributed by atoms with E-state index in [9.17, 15) is 4.79 Å². The molecule has 24 heavy (non-hydrogen) atoms. The van der Waals surface area contributed by atoms with Gasteiger partial charge in [0.25, 0.3) is 0 Å². The molecule has 1 saturated heterocycles. The molecule has 0 radical (unpaired) electrons. The first kappa shape index (κ1) is 17.4. The summed E-state index contributed by atoms with van der Waals surface area (Å²) in [6, 6.07) is 8.68. The van der Waals surface area contributed by atoms with Crippen LogP contribution in [0.25, 0.3) is 0 Å². The fourth-order valence-corrected chi connectivity index (χ4v) is 4.08. The molecule has 0 unspecified atom stereocenters. The van der Waals surface area contributed by atoms with Gasteiger partial charge in [-0.1, -0.05) is 43.5 Å². The first-order valence-corrected chi connectivity index (χ1v) is 9.50. The van der Waals surface area contributed by atoms with E-state index < -0.39 is 0 Å². The Morgan fingerprint density at radius 3 is 2.25 bits per heavy atom. The largest absolute Gasteiger partial charge is 0.352 e. The molecule has 1 aromatic rings. The number of rotatable bonds is 6. The topological polar surface area (TPSA) is 58.4 Å². The Morgan fingerprint density at radius 2 is 1.62 bits per heavy atom. The van der Waals surface area contributed by atoms with Crippen LogP contribution in [0.1, 0.15) is 56.1 Å². The molecule has 1 aliphatic carbocycles. The Balaban J connectivity index is 1.49. The highest BCUT2D eigenvalue weighted by Crippen LogP contribution is 2.37. The maximum absolute atomic E-state index is 12.5. The van der Waals surface area contributed by atoms with Crippen LogP contribution in [-0.2, 0) is 17.9 Å². The number of likely N-dealkylation sites (tertiary alicyclic amines) is 1. The molecule has 0 aromatic heterocycles. The van der Waals surface area contributed by atoms with Gasteiger partial charge >= 0.3 is 0 Å². The molecule has 1 heterocycles. The quantitative estimate of drug-likeness (QED) is 0.844. The number of carbonyl (C=O) groups is 1. The van der Waals surface area contributed by atoms with Crippen LogP contribution in [0, 0.1) is 5.41 Å². The van der Waals surface area contributed by atoms with Gasteiger partial charge in [0, 0.05) is 19.6 Å². The molecule has 1 aromatic carbocycles. The molecule has 1 aliphatic heterocycles. The third-order valence-corrected chi connectivity index (χ3v) is 5.76. The Kier molecular flexibility index (Phi) is 5.90. The van der Waals surface area contributed by atoms with Crippen LogP contribution < -0.4 is 11.1 Å². The first-order valence-electron chi connectivity index (χ1n) is 9.50. The van der Waals surface area contributed by atoms with Gasteiger partial charge in [-0.25, -0.2) is 0 Å². The molecule has 3 rings (SSSR count). The number of carbonyl (C=O) groups excluding carboxylic acids is 1. The average molecular weight is 329 g/mol. The van der Waals surface area contributed by atoms with Crippen molar-refractivity contribution in [3.8, 4) is 0 Å². The smallest absolute Gasteiger partial charge is 0.227 e. The van der Waals surface area contributed by atoms with E-state index in [1.807, 2.05) is 0 Å². The molecular weight excluding hydrogens is 298 g/mol. The minimum absolute atomic E-state index is 0.139. The molecule has 1 amide bonds. The molecule has 1 saturated carbocycles. The number of nitrogens with one attached hydrogen (secondary N) is 1. The zero-order valence-electron chi connectivity index (χ0n) is 14.7. The van der Waals surface area contributed by atoms with Crippen molar-refractivity contribution < 1.29 is 4.79 Å². The average Bonchev–Trinajstić information content (AvgIpc) is 3.12. The second-order valence-corrected chi connectivity index (χ2v) is 7.53. The lowest BCUT2D eigenvalue weighted by atomic mass is 9.85. The lowest BCUT2D eigenvalue weighted by molar-refractivity contribution is -0.130. The van der Waals surface area contributed by atoms with Crippen molar-refractivity contribution in [2.24, 2.45) is 11.1 Å². The van der Waals surface area contributed by atoms with Gasteiger partial charge < -0.3 is 11.1 Å². The van der Waals surface area contributed by atoms with Gasteiger partial charge in [-0.2, -0.15) is 0 Å². The van der Waals surface area contributed by atoms with Crippen LogP contribution in [0.2, 0.25) is 0 Å². The van der Waals surface area contributed by atoms with Gasteiger partial charge in [0.15, 0.2) is 0 Å². The molecule has 2 fully saturated rings. The second-order valence-electron chi connectivity index (χ2n) is 7.53. The van der Waals surface area contributed by atoms with Crippen LogP contribution in [0.3, 0.4) is 0 Å². The minimum atomic E-state index is -0.311. The molecule has 2 aliphatic rings. The Hall–Kier alpha value is -1.39. The fraction of sp³-hybridized carbons (Fsp3) is 0.650. The van der Waals surface area contributed by atoms with Crippen molar-refractivity contribution in [1.82, 2.24) is 10.2 Å². The van der Waals surface area contributed by atoms with E-state index in [1.165, 1.54) is 37.9 Å². The van der Waals surface area contributed by atoms with E-state index in [1.54, 1.807) is 0 Å². The summed E-state index contributed by atoms with van der Waals surface area (Å²) in [6.45, 7) is 4.55. The summed E-state index contributed by atoms with van der Waals surface area (Å²) in [7, 11) is 0. The zero-order chi connectivity index (χ0) is 16.8. The summed E-state index contributed by atoms with van der Waals surface area (Å²) in [5.41, 5.74) is 8.10. The van der Waals surface area contributed by atoms with Gasteiger partial charge in [0.1, 0.15) is 0 Å². The van der Waals surface area contributed by atoms with E-state index in [4.69, 9.17) is 5.73 Å². The summed E-state index contributed by atoms with van der Waals surface area (Å²) in [5.74, 6) is 0.139. The highest BCUT2D eigenvalue weighted by molar-refractivity contribution is 5.83. The summed E-state index contributed by atoms with van der Waals surface area (Å²) < 4.78 is 0. The predicted molar refractivity (Wildman–Crippen MR) is 97.4 cm³/mol. The van der Waals surface area contributed by atoms with Crippen LogP contribution in [-0.4, -0.2) is 30.4 Å². The molecule has 4 heteroatoms. The lowest BCUT2D eigenvalue weighted by Crippen LogP contribution is -2.43. The molecule has 132 valence electrons. The monoisotopic (exact) mass is 329 g/mol. The molecule has 0 atom stereocenters. The van der Waals surface area contributed by atoms with E-state index >= 15 is 0 Å². The van der Waals surface area contributed by atoms with E-state index in [2.05, 4.69) is 34.5 Å². The predicted octanol–water partition coefficient (Wildman–Crippen LogP) is 2.81. The summed E-state index contributed by atoms with van der Waals surface area (Å²) >= 11 is 0. The molecule has 0 bridgehead atoms. The van der Waals surface area contributed by atoms with Crippen molar-refractivity contribution in [2.75, 3.05) is 19.6 Å². The summed E-state index contributed by atoms with van der Waals surface area (Å²) in [4.78, 5) is 15.0. The summed E-state index contributed by atoms with van der Waals surface area (Å²) in [6.07, 6.45) is 8.14. The van der Waals surface area contributed by atoms with Crippen molar-refractivity contribution in [3.63, 3.8) is 0 Å². The third-order valence-electron chi connectivity index (χ3n) is 5.76. The van der Waals surface area contributed by atoms with Crippen molar-refractivity contribution in [3.05, 3.63) is 35.4 Å². The maximum atomic E-state index is 12.5. The minimum Gasteiger partial charge on any atom is -0.352 e. The number of piperidine rings is 1. The SMILES string of the molecule is NCC1(C(=O)NCc2ccc(CN3CCCCC3)cc2)CCCC1. The van der Waals surface area contributed by atoms with E-state index in [-0.39, 0.29) is 11.3 Å². The number of hydrogen-bond donors (Lipinski definition) is 2. The highest BCUT2D eigenvalue weighted by Gasteiger charge is 2.39. The molecule has 3 N–H and O–H groups in total. The van der Waals surface area contributed by atoms with Gasteiger partial charge in [0.05, 0.1) is 5.41 Å². The Bertz CT molecular complexity index is 528. The van der Waals surface area contributed by atoms with Gasteiger partial charge in [-0.3, -0.25) is 9.69 Å². The number of nitrogens with zero attached hydrogens (tertiary/aromatic N) is 1. The van der Waals surface area contributed by atoms with Gasteiger partial charge in [-0.05, 0) is 49.9 Å². The highest BCUT2D eigenvalue weighted by atomic mass is 16.2. The van der Waals surface area contributed by atoms with Gasteiger partial charge in [0.2, 0.25) is 5.91 Å². The van der Waals surface area contributed by atoms with E-state index in [0.717, 1.165) is 37.8 Å². The van der Waals surface area contributed by atoms with Crippen molar-refractivity contribution in [1.29, 1.82) is 0 Å². The molecular formula is C20H31N3O. The first-order chi connectivity index (χ1) is 11.7. The van der Waals surface area contributed by atoms with Crippen LogP contribution in [0.4, 0.5) is 0 Å².